The molecule has 3 nitrogen and oxygen atoms in total. The van der Waals surface area contributed by atoms with Crippen molar-refractivity contribution in [1.29, 1.82) is 0 Å². The van der Waals surface area contributed by atoms with E-state index in [2.05, 4.69) is 119 Å². The van der Waals surface area contributed by atoms with E-state index in [9.17, 15) is 0 Å². The maximum atomic E-state index is 4.48. The lowest BCUT2D eigenvalue weighted by atomic mass is 9.89. The van der Waals surface area contributed by atoms with Crippen molar-refractivity contribution in [1.82, 2.24) is 16.0 Å². The molecular formula is C33H41N3. The molecule has 0 bridgehead atoms. The summed E-state index contributed by atoms with van der Waals surface area (Å²) in [5.41, 5.74) is 18.2. The van der Waals surface area contributed by atoms with Gasteiger partial charge in [0.2, 0.25) is 0 Å². The highest BCUT2D eigenvalue weighted by atomic mass is 14.9. The predicted octanol–water partition coefficient (Wildman–Crippen LogP) is 8.05. The highest BCUT2D eigenvalue weighted by Gasteiger charge is 2.20. The van der Waals surface area contributed by atoms with Gasteiger partial charge in [0, 0.05) is 34.9 Å². The van der Waals surface area contributed by atoms with Crippen LogP contribution in [0.25, 0.3) is 16.8 Å². The maximum Gasteiger partial charge on any atom is 0.0550 e. The van der Waals surface area contributed by atoms with Crippen LogP contribution >= 0.6 is 0 Å². The van der Waals surface area contributed by atoms with E-state index >= 15 is 0 Å². The van der Waals surface area contributed by atoms with Crippen LogP contribution in [-0.4, -0.2) is 6.54 Å². The van der Waals surface area contributed by atoms with Crippen LogP contribution < -0.4 is 16.0 Å². The lowest BCUT2D eigenvalue weighted by molar-refractivity contribution is 0.863. The molecule has 0 radical (unpaired) electrons. The highest BCUT2D eigenvalue weighted by molar-refractivity contribution is 5.88. The molecule has 1 aromatic carbocycles. The Bertz CT molecular complexity index is 1300. The van der Waals surface area contributed by atoms with E-state index in [1.54, 1.807) is 0 Å². The van der Waals surface area contributed by atoms with Crippen molar-refractivity contribution in [3.05, 3.63) is 118 Å². The Morgan fingerprint density at radius 1 is 1.17 bits per heavy atom. The first-order valence-electron chi connectivity index (χ1n) is 12.8. The Morgan fingerprint density at radius 3 is 2.58 bits per heavy atom. The van der Waals surface area contributed by atoms with Crippen molar-refractivity contribution < 1.29 is 0 Å². The first kappa shape index (κ1) is 26.9. The van der Waals surface area contributed by atoms with Crippen LogP contribution in [0.2, 0.25) is 0 Å². The van der Waals surface area contributed by atoms with Crippen molar-refractivity contribution in [2.24, 2.45) is 0 Å². The van der Waals surface area contributed by atoms with Gasteiger partial charge in [-0.25, -0.2) is 0 Å². The number of allylic oxidation sites excluding steroid dienone is 10. The number of hydrogen-bond donors (Lipinski definition) is 3. The summed E-state index contributed by atoms with van der Waals surface area (Å²) in [5.74, 6) is 0. The van der Waals surface area contributed by atoms with E-state index < -0.39 is 0 Å². The van der Waals surface area contributed by atoms with Crippen molar-refractivity contribution >= 4 is 16.8 Å². The fourth-order valence-electron chi connectivity index (χ4n) is 4.70. The van der Waals surface area contributed by atoms with E-state index in [0.29, 0.717) is 6.54 Å². The molecule has 3 N–H and O–H groups in total. The number of benzene rings is 1. The summed E-state index contributed by atoms with van der Waals surface area (Å²) >= 11 is 0. The van der Waals surface area contributed by atoms with Crippen LogP contribution in [0.3, 0.4) is 0 Å². The summed E-state index contributed by atoms with van der Waals surface area (Å²) in [5, 5.41) is 10.5. The molecule has 0 atom stereocenters. The molecule has 0 saturated carbocycles. The Labute approximate surface area is 218 Å². The third-order valence-corrected chi connectivity index (χ3v) is 6.51. The molecule has 2 aliphatic rings. The van der Waals surface area contributed by atoms with Crippen LogP contribution in [0.5, 0.6) is 0 Å². The summed E-state index contributed by atoms with van der Waals surface area (Å²) in [6.07, 6.45) is 13.0. The number of nitrogens with one attached hydrogen (secondary N) is 3. The smallest absolute Gasteiger partial charge is 0.0550 e. The third kappa shape index (κ3) is 6.30. The maximum absolute atomic E-state index is 4.48. The molecule has 0 aromatic heterocycles. The molecule has 0 aliphatic carbocycles. The first-order chi connectivity index (χ1) is 17.1. The number of hydrogen-bond acceptors (Lipinski definition) is 3. The molecule has 0 amide bonds. The minimum Gasteiger partial charge on any atom is -0.381 e. The van der Waals surface area contributed by atoms with Gasteiger partial charge in [-0.3, -0.25) is 0 Å². The van der Waals surface area contributed by atoms with Crippen LogP contribution in [0.1, 0.15) is 76.6 Å². The molecule has 0 unspecified atom stereocenters. The summed E-state index contributed by atoms with van der Waals surface area (Å²) < 4.78 is 0. The SMILES string of the molecule is C=C(C)N/C(C)=C/C=C(\C)c1cc(C)c2c(c1)C(=C)NCC1=C(CCC)C=C=C(C)N/C1=C/C2=C/C. The van der Waals surface area contributed by atoms with Gasteiger partial charge in [-0.15, -0.1) is 0 Å². The zero-order valence-electron chi connectivity index (χ0n) is 23.1. The molecule has 188 valence electrons. The number of fused-ring (bicyclic) bond motifs is 2. The molecule has 0 fully saturated rings. The van der Waals surface area contributed by atoms with Gasteiger partial charge in [0.1, 0.15) is 0 Å². The molecule has 0 saturated heterocycles. The summed E-state index contributed by atoms with van der Waals surface area (Å²) in [6.45, 7) is 23.9. The molecule has 3 rings (SSSR count). The highest BCUT2D eigenvalue weighted by Crippen LogP contribution is 2.35. The van der Waals surface area contributed by atoms with Crippen LogP contribution in [0.15, 0.2) is 95.3 Å². The monoisotopic (exact) mass is 479 g/mol. The van der Waals surface area contributed by atoms with Crippen molar-refractivity contribution in [2.75, 3.05) is 6.54 Å². The topological polar surface area (TPSA) is 36.1 Å². The van der Waals surface area contributed by atoms with Gasteiger partial charge < -0.3 is 16.0 Å². The van der Waals surface area contributed by atoms with E-state index in [1.165, 1.54) is 39.0 Å². The Kier molecular flexibility index (Phi) is 8.85. The number of rotatable bonds is 6. The molecule has 0 spiro atoms. The second-order valence-electron chi connectivity index (χ2n) is 9.75. The Balaban J connectivity index is 2.15. The molecular weight excluding hydrogens is 438 g/mol. The van der Waals surface area contributed by atoms with E-state index in [-0.39, 0.29) is 0 Å². The standard InChI is InChI=1S/C33H41N3/c1-10-12-28-16-15-25(8)36-32-19-27(11-2)33-23(6)17-29(18-30(33)26(9)34-20-31(28)32)22(5)13-14-24(7)35-21(3)4/h11,13-14,16-19,34-36H,3,9-10,12,20H2,1-2,4-8H3/b22-13+,24-14+,27-11-,32-19+. The van der Waals surface area contributed by atoms with E-state index in [1.807, 2.05) is 6.92 Å². The fraction of sp³-hybridized carbons (Fsp3) is 0.303. The van der Waals surface area contributed by atoms with E-state index in [0.717, 1.165) is 46.9 Å². The molecule has 2 aliphatic heterocycles. The summed E-state index contributed by atoms with van der Waals surface area (Å²) in [7, 11) is 0. The quantitative estimate of drug-likeness (QED) is 0.285. The van der Waals surface area contributed by atoms with Gasteiger partial charge in [-0.2, -0.15) is 0 Å². The van der Waals surface area contributed by atoms with Gasteiger partial charge >= 0.3 is 0 Å². The molecule has 2 heterocycles. The molecule has 36 heavy (non-hydrogen) atoms. The fourth-order valence-corrected chi connectivity index (χ4v) is 4.70. The van der Waals surface area contributed by atoms with Crippen LogP contribution in [0.4, 0.5) is 0 Å². The van der Waals surface area contributed by atoms with Crippen LogP contribution in [0, 0.1) is 6.92 Å². The lowest BCUT2D eigenvalue weighted by Crippen LogP contribution is -2.21. The average molecular weight is 480 g/mol. The second-order valence-corrected chi connectivity index (χ2v) is 9.75. The van der Waals surface area contributed by atoms with Gasteiger partial charge in [-0.1, -0.05) is 50.5 Å². The number of aryl methyl sites for hydroxylation is 1. The second kappa shape index (κ2) is 11.8. The van der Waals surface area contributed by atoms with Gasteiger partial charge in [0.05, 0.1) is 5.70 Å². The van der Waals surface area contributed by atoms with Gasteiger partial charge in [0.15, 0.2) is 0 Å². The van der Waals surface area contributed by atoms with Crippen molar-refractivity contribution in [3.63, 3.8) is 0 Å². The van der Waals surface area contributed by atoms with Crippen molar-refractivity contribution in [2.45, 2.75) is 61.3 Å². The zero-order valence-corrected chi connectivity index (χ0v) is 23.1. The third-order valence-electron chi connectivity index (χ3n) is 6.51. The largest absolute Gasteiger partial charge is 0.381 e. The summed E-state index contributed by atoms with van der Waals surface area (Å²) in [4.78, 5) is 0. The van der Waals surface area contributed by atoms with Crippen LogP contribution in [-0.2, 0) is 0 Å². The average Bonchev–Trinajstić information content (AvgIpc) is 2.93. The molecule has 1 aromatic rings. The minimum absolute atomic E-state index is 0.710. The lowest BCUT2D eigenvalue weighted by Gasteiger charge is -2.18. The molecule has 3 heteroatoms. The summed E-state index contributed by atoms with van der Waals surface area (Å²) in [6, 6.07) is 4.54. The Hall–Kier alpha value is -3.68. The van der Waals surface area contributed by atoms with E-state index in [4.69, 9.17) is 0 Å². The Morgan fingerprint density at radius 2 is 1.92 bits per heavy atom. The van der Waals surface area contributed by atoms with Gasteiger partial charge in [-0.05, 0) is 111 Å². The normalized spacial score (nSPS) is 19.0. The minimum atomic E-state index is 0.710. The van der Waals surface area contributed by atoms with Gasteiger partial charge in [0.25, 0.3) is 0 Å². The van der Waals surface area contributed by atoms with Crippen molar-refractivity contribution in [3.8, 4) is 0 Å². The zero-order chi connectivity index (χ0) is 26.4. The first-order valence-corrected chi connectivity index (χ1v) is 12.8. The predicted molar refractivity (Wildman–Crippen MR) is 158 cm³/mol.